The number of carboxylic acid groups (broad SMARTS) is 1. The molecule has 0 aliphatic carbocycles. The van der Waals surface area contributed by atoms with Crippen molar-refractivity contribution < 1.29 is 23.5 Å². The summed E-state index contributed by atoms with van der Waals surface area (Å²) < 4.78 is 25.6. The highest BCUT2D eigenvalue weighted by Crippen LogP contribution is 2.07. The lowest BCUT2D eigenvalue weighted by atomic mass is 10.2. The van der Waals surface area contributed by atoms with Crippen molar-refractivity contribution in [3.63, 3.8) is 0 Å². The fourth-order valence-electron chi connectivity index (χ4n) is 1.48. The number of amides is 1. The molecule has 0 aliphatic heterocycles. The van der Waals surface area contributed by atoms with Crippen LogP contribution in [0.5, 0.6) is 0 Å². The van der Waals surface area contributed by atoms with Crippen LogP contribution < -0.4 is 5.32 Å². The van der Waals surface area contributed by atoms with Crippen LogP contribution in [0.3, 0.4) is 0 Å². The number of aromatic nitrogens is 1. The van der Waals surface area contributed by atoms with Crippen molar-refractivity contribution in [2.75, 3.05) is 0 Å². The summed E-state index contributed by atoms with van der Waals surface area (Å²) in [6.45, 7) is -0.636. The van der Waals surface area contributed by atoms with Crippen molar-refractivity contribution in [1.82, 2.24) is 9.88 Å². The van der Waals surface area contributed by atoms with Crippen LogP contribution in [0.15, 0.2) is 18.3 Å². The number of carbonyl (C=O) groups excluding carboxylic acids is 1. The molecule has 5 nitrogen and oxygen atoms in total. The van der Waals surface area contributed by atoms with Gasteiger partial charge in [-0.2, -0.15) is 0 Å². The number of hydrogen-bond acceptors (Lipinski definition) is 2. The zero-order valence-electron chi connectivity index (χ0n) is 9.85. The van der Waals surface area contributed by atoms with Gasteiger partial charge in [-0.05, 0) is 12.1 Å². The van der Waals surface area contributed by atoms with Gasteiger partial charge in [-0.15, -0.1) is 12.3 Å². The molecular formula is C12H12F2N2O3. The van der Waals surface area contributed by atoms with Gasteiger partial charge in [-0.3, -0.25) is 4.79 Å². The molecule has 1 unspecified atom stereocenters. The smallest absolute Gasteiger partial charge is 0.327 e. The van der Waals surface area contributed by atoms with Crippen molar-refractivity contribution in [1.29, 1.82) is 0 Å². The lowest BCUT2D eigenvalue weighted by molar-refractivity contribution is -0.139. The van der Waals surface area contributed by atoms with Crippen LogP contribution in [0.1, 0.15) is 16.9 Å². The molecule has 1 aromatic heterocycles. The predicted molar refractivity (Wildman–Crippen MR) is 62.8 cm³/mol. The Morgan fingerprint density at radius 1 is 1.53 bits per heavy atom. The highest BCUT2D eigenvalue weighted by Gasteiger charge is 2.21. The number of nitrogens with zero attached hydrogens (tertiary/aromatic N) is 1. The maximum atomic E-state index is 12.3. The molecule has 0 fully saturated rings. The Hall–Kier alpha value is -2.36. The number of carbonyl (C=O) groups is 2. The van der Waals surface area contributed by atoms with E-state index < -0.39 is 30.9 Å². The second kappa shape index (κ2) is 6.54. The molecule has 0 spiro atoms. The Kier molecular flexibility index (Phi) is 5.06. The summed E-state index contributed by atoms with van der Waals surface area (Å²) in [6.07, 6.45) is 3.51. The Labute approximate surface area is 108 Å². The van der Waals surface area contributed by atoms with E-state index in [2.05, 4.69) is 11.2 Å². The molecule has 1 heterocycles. The first-order chi connectivity index (χ1) is 8.95. The molecule has 2 N–H and O–H groups in total. The summed E-state index contributed by atoms with van der Waals surface area (Å²) in [5, 5.41) is 11.0. The third-order valence-corrected chi connectivity index (χ3v) is 2.32. The van der Waals surface area contributed by atoms with Crippen LogP contribution in [0.4, 0.5) is 8.78 Å². The van der Waals surface area contributed by atoms with E-state index in [0.717, 1.165) is 4.57 Å². The highest BCUT2D eigenvalue weighted by atomic mass is 19.3. The number of nitrogens with one attached hydrogen (secondary N) is 1. The van der Waals surface area contributed by atoms with Crippen LogP contribution in [0.2, 0.25) is 0 Å². The minimum Gasteiger partial charge on any atom is -0.480 e. The van der Waals surface area contributed by atoms with Crippen LogP contribution in [-0.4, -0.2) is 34.0 Å². The van der Waals surface area contributed by atoms with E-state index in [0.29, 0.717) is 0 Å². The van der Waals surface area contributed by atoms with Crippen LogP contribution in [0.25, 0.3) is 0 Å². The van der Waals surface area contributed by atoms with Gasteiger partial charge in [0.2, 0.25) is 0 Å². The van der Waals surface area contributed by atoms with Crippen molar-refractivity contribution in [3.8, 4) is 12.3 Å². The van der Waals surface area contributed by atoms with Gasteiger partial charge in [0.25, 0.3) is 12.3 Å². The van der Waals surface area contributed by atoms with Crippen LogP contribution in [0, 0.1) is 12.3 Å². The van der Waals surface area contributed by atoms with Crippen molar-refractivity contribution in [2.45, 2.75) is 25.4 Å². The Morgan fingerprint density at radius 3 is 2.74 bits per heavy atom. The van der Waals surface area contributed by atoms with Gasteiger partial charge in [0, 0.05) is 12.6 Å². The molecule has 7 heteroatoms. The first-order valence-corrected chi connectivity index (χ1v) is 5.36. The zero-order valence-corrected chi connectivity index (χ0v) is 9.85. The quantitative estimate of drug-likeness (QED) is 0.756. The van der Waals surface area contributed by atoms with E-state index in [1.807, 2.05) is 0 Å². The summed E-state index contributed by atoms with van der Waals surface area (Å²) in [5.74, 6) is 0.0887. The Morgan fingerprint density at radius 2 is 2.21 bits per heavy atom. The number of carboxylic acids is 1. The number of halogens is 2. The first-order valence-electron chi connectivity index (χ1n) is 5.36. The third kappa shape index (κ3) is 4.10. The number of alkyl halides is 2. The number of hydrogen-bond donors (Lipinski definition) is 2. The lowest BCUT2D eigenvalue weighted by Crippen LogP contribution is -2.41. The predicted octanol–water partition coefficient (Wildman–Crippen LogP) is 0.960. The monoisotopic (exact) mass is 270 g/mol. The SMILES string of the molecule is C#CCC(NC(=O)c1cccn1CC(F)F)C(=O)O. The average molecular weight is 270 g/mol. The molecule has 0 aliphatic rings. The Balaban J connectivity index is 2.80. The molecule has 1 amide bonds. The summed E-state index contributed by atoms with van der Waals surface area (Å²) in [5.41, 5.74) is -0.0384. The fourth-order valence-corrected chi connectivity index (χ4v) is 1.48. The lowest BCUT2D eigenvalue weighted by Gasteiger charge is -2.13. The second-order valence-electron chi connectivity index (χ2n) is 3.71. The van der Waals surface area contributed by atoms with Gasteiger partial charge < -0.3 is 15.0 Å². The van der Waals surface area contributed by atoms with Gasteiger partial charge in [0.05, 0.1) is 6.54 Å². The van der Waals surface area contributed by atoms with E-state index in [1.54, 1.807) is 0 Å². The van der Waals surface area contributed by atoms with E-state index in [1.165, 1.54) is 18.3 Å². The van der Waals surface area contributed by atoms with E-state index >= 15 is 0 Å². The number of rotatable bonds is 6. The second-order valence-corrected chi connectivity index (χ2v) is 3.71. The fraction of sp³-hybridized carbons (Fsp3) is 0.333. The largest absolute Gasteiger partial charge is 0.480 e. The standard InChI is InChI=1S/C12H12F2N2O3/c1-2-4-8(12(18)19)15-11(17)9-5-3-6-16(9)7-10(13)14/h1,3,5-6,8,10H,4,7H2,(H,15,17)(H,18,19). The molecule has 1 aromatic rings. The van der Waals surface area contributed by atoms with E-state index in [9.17, 15) is 18.4 Å². The molecular weight excluding hydrogens is 258 g/mol. The maximum absolute atomic E-state index is 12.3. The molecule has 0 aromatic carbocycles. The van der Waals surface area contributed by atoms with E-state index in [4.69, 9.17) is 11.5 Å². The molecule has 0 radical (unpaired) electrons. The highest BCUT2D eigenvalue weighted by molar-refractivity contribution is 5.95. The van der Waals surface area contributed by atoms with Gasteiger partial charge in [0.15, 0.2) is 0 Å². The van der Waals surface area contributed by atoms with Gasteiger partial charge >= 0.3 is 5.97 Å². The van der Waals surface area contributed by atoms with Gasteiger partial charge in [0.1, 0.15) is 11.7 Å². The molecule has 1 atom stereocenters. The zero-order chi connectivity index (χ0) is 14.4. The van der Waals surface area contributed by atoms with Crippen LogP contribution >= 0.6 is 0 Å². The number of terminal acetylenes is 1. The van der Waals surface area contributed by atoms with Crippen LogP contribution in [-0.2, 0) is 11.3 Å². The van der Waals surface area contributed by atoms with E-state index in [-0.39, 0.29) is 12.1 Å². The Bertz CT molecular complexity index is 505. The molecule has 0 saturated heterocycles. The normalized spacial score (nSPS) is 11.9. The summed E-state index contributed by atoms with van der Waals surface area (Å²) >= 11 is 0. The third-order valence-electron chi connectivity index (χ3n) is 2.32. The molecule has 0 saturated carbocycles. The van der Waals surface area contributed by atoms with Crippen molar-refractivity contribution in [3.05, 3.63) is 24.0 Å². The van der Waals surface area contributed by atoms with Crippen molar-refractivity contribution in [2.24, 2.45) is 0 Å². The summed E-state index contributed by atoms with van der Waals surface area (Å²) in [4.78, 5) is 22.6. The molecule has 1 rings (SSSR count). The first kappa shape index (κ1) is 14.7. The minimum absolute atomic E-state index is 0.0384. The molecule has 102 valence electrons. The van der Waals surface area contributed by atoms with Crippen molar-refractivity contribution >= 4 is 11.9 Å². The summed E-state index contributed by atoms with van der Waals surface area (Å²) in [6, 6.07) is 1.51. The van der Waals surface area contributed by atoms with Gasteiger partial charge in [-0.1, -0.05) is 0 Å². The van der Waals surface area contributed by atoms with Gasteiger partial charge in [-0.25, -0.2) is 13.6 Å². The minimum atomic E-state index is -2.61. The summed E-state index contributed by atoms with van der Waals surface area (Å²) in [7, 11) is 0. The average Bonchev–Trinajstić information content (AvgIpc) is 2.75. The number of aliphatic carboxylic acids is 1. The molecule has 0 bridgehead atoms. The molecule has 19 heavy (non-hydrogen) atoms. The maximum Gasteiger partial charge on any atom is 0.327 e. The topological polar surface area (TPSA) is 71.3 Å².